The molecule has 1 nitrogen and oxygen atoms in total. The summed E-state index contributed by atoms with van der Waals surface area (Å²) in [4.78, 5) is 0. The monoisotopic (exact) mass is 172 g/mol. The first-order chi connectivity index (χ1) is 5.34. The molecule has 0 bridgehead atoms. The highest BCUT2D eigenvalue weighted by Gasteiger charge is 2.21. The molecule has 1 heteroatoms. The van der Waals surface area contributed by atoms with E-state index in [1.165, 1.54) is 12.8 Å². The molecule has 0 aromatic heterocycles. The van der Waals surface area contributed by atoms with Crippen molar-refractivity contribution < 1.29 is 5.11 Å². The van der Waals surface area contributed by atoms with Crippen molar-refractivity contribution in [1.82, 2.24) is 0 Å². The first-order valence-corrected chi connectivity index (χ1v) is 5.06. The molecule has 0 heterocycles. The topological polar surface area (TPSA) is 20.2 Å². The zero-order valence-corrected chi connectivity index (χ0v) is 9.22. The van der Waals surface area contributed by atoms with E-state index in [0.717, 1.165) is 12.3 Å². The van der Waals surface area contributed by atoms with Gasteiger partial charge in [-0.1, -0.05) is 33.6 Å². The fourth-order valence-corrected chi connectivity index (χ4v) is 1.19. The maximum Gasteiger partial charge on any atom is 0.0617 e. The van der Waals surface area contributed by atoms with Gasteiger partial charge in [-0.3, -0.25) is 0 Å². The van der Waals surface area contributed by atoms with Crippen molar-refractivity contribution in [1.29, 1.82) is 0 Å². The third-order valence-corrected chi connectivity index (χ3v) is 2.62. The van der Waals surface area contributed by atoms with Gasteiger partial charge in [0.2, 0.25) is 0 Å². The lowest BCUT2D eigenvalue weighted by Crippen LogP contribution is -2.28. The van der Waals surface area contributed by atoms with Gasteiger partial charge in [0.15, 0.2) is 0 Å². The van der Waals surface area contributed by atoms with Crippen LogP contribution in [0.2, 0.25) is 0 Å². The van der Waals surface area contributed by atoms with Crippen molar-refractivity contribution in [3.8, 4) is 0 Å². The molecule has 0 rings (SSSR count). The van der Waals surface area contributed by atoms with Gasteiger partial charge < -0.3 is 5.11 Å². The SMILES string of the molecule is CC(C)CCCC(C)C(C)(C)O. The summed E-state index contributed by atoms with van der Waals surface area (Å²) in [6, 6.07) is 0. The van der Waals surface area contributed by atoms with E-state index >= 15 is 0 Å². The van der Waals surface area contributed by atoms with Gasteiger partial charge in [0.25, 0.3) is 0 Å². The second-order valence-corrected chi connectivity index (χ2v) is 4.88. The molecule has 0 saturated heterocycles. The molecular weight excluding hydrogens is 148 g/mol. The van der Waals surface area contributed by atoms with Gasteiger partial charge in [0.1, 0.15) is 0 Å². The highest BCUT2D eigenvalue weighted by molar-refractivity contribution is 4.73. The van der Waals surface area contributed by atoms with Crippen LogP contribution >= 0.6 is 0 Å². The smallest absolute Gasteiger partial charge is 0.0617 e. The minimum absolute atomic E-state index is 0.413. The molecule has 1 atom stereocenters. The number of aliphatic hydroxyl groups is 1. The Morgan fingerprint density at radius 1 is 1.08 bits per heavy atom. The Hall–Kier alpha value is -0.0400. The van der Waals surface area contributed by atoms with Crippen molar-refractivity contribution in [3.63, 3.8) is 0 Å². The van der Waals surface area contributed by atoms with E-state index in [-0.39, 0.29) is 0 Å². The molecule has 0 fully saturated rings. The lowest BCUT2D eigenvalue weighted by molar-refractivity contribution is 0.0200. The molecule has 0 aliphatic carbocycles. The second kappa shape index (κ2) is 4.86. The summed E-state index contributed by atoms with van der Waals surface area (Å²) in [6.07, 6.45) is 3.66. The summed E-state index contributed by atoms with van der Waals surface area (Å²) < 4.78 is 0. The van der Waals surface area contributed by atoms with Crippen molar-refractivity contribution in [2.24, 2.45) is 11.8 Å². The summed E-state index contributed by atoms with van der Waals surface area (Å²) in [5.41, 5.74) is -0.503. The Labute approximate surface area is 77.2 Å². The first kappa shape index (κ1) is 12.0. The molecule has 12 heavy (non-hydrogen) atoms. The normalized spacial score (nSPS) is 15.2. The van der Waals surface area contributed by atoms with Crippen LogP contribution in [0.25, 0.3) is 0 Å². The van der Waals surface area contributed by atoms with E-state index in [9.17, 15) is 5.11 Å². The molecular formula is C11H24O. The van der Waals surface area contributed by atoms with Crippen LogP contribution in [0.1, 0.15) is 53.9 Å². The van der Waals surface area contributed by atoms with E-state index < -0.39 is 5.60 Å². The Balaban J connectivity index is 3.51. The van der Waals surface area contributed by atoms with E-state index in [1.54, 1.807) is 0 Å². The van der Waals surface area contributed by atoms with Gasteiger partial charge in [0.05, 0.1) is 5.60 Å². The fourth-order valence-electron chi connectivity index (χ4n) is 1.19. The van der Waals surface area contributed by atoms with Gasteiger partial charge in [-0.25, -0.2) is 0 Å². The highest BCUT2D eigenvalue weighted by atomic mass is 16.3. The number of hydrogen-bond acceptors (Lipinski definition) is 1. The Morgan fingerprint density at radius 2 is 1.58 bits per heavy atom. The van der Waals surface area contributed by atoms with Crippen molar-refractivity contribution >= 4 is 0 Å². The van der Waals surface area contributed by atoms with E-state index in [0.29, 0.717) is 5.92 Å². The van der Waals surface area contributed by atoms with E-state index in [4.69, 9.17) is 0 Å². The van der Waals surface area contributed by atoms with Crippen LogP contribution in [-0.2, 0) is 0 Å². The number of rotatable bonds is 5. The maximum atomic E-state index is 9.65. The summed E-state index contributed by atoms with van der Waals surface area (Å²) in [5.74, 6) is 1.20. The average molecular weight is 172 g/mol. The maximum absolute atomic E-state index is 9.65. The predicted octanol–water partition coefficient (Wildman–Crippen LogP) is 3.22. The van der Waals surface area contributed by atoms with Crippen LogP contribution in [0.15, 0.2) is 0 Å². The largest absolute Gasteiger partial charge is 0.390 e. The molecule has 0 aromatic carbocycles. The van der Waals surface area contributed by atoms with Crippen molar-refractivity contribution in [2.75, 3.05) is 0 Å². The summed E-state index contributed by atoms with van der Waals surface area (Å²) in [6.45, 7) is 10.4. The first-order valence-electron chi connectivity index (χ1n) is 5.06. The zero-order chi connectivity index (χ0) is 9.78. The van der Waals surface area contributed by atoms with Crippen LogP contribution < -0.4 is 0 Å². The Bertz CT molecular complexity index is 111. The fraction of sp³-hybridized carbons (Fsp3) is 1.00. The van der Waals surface area contributed by atoms with Crippen LogP contribution in [0.3, 0.4) is 0 Å². The van der Waals surface area contributed by atoms with Crippen LogP contribution in [-0.4, -0.2) is 10.7 Å². The summed E-state index contributed by atoms with van der Waals surface area (Å²) >= 11 is 0. The van der Waals surface area contributed by atoms with Crippen LogP contribution in [0, 0.1) is 11.8 Å². The molecule has 74 valence electrons. The van der Waals surface area contributed by atoms with Crippen molar-refractivity contribution in [3.05, 3.63) is 0 Å². The molecule has 0 saturated carbocycles. The minimum Gasteiger partial charge on any atom is -0.390 e. The van der Waals surface area contributed by atoms with E-state index in [2.05, 4.69) is 20.8 Å². The molecule has 0 radical (unpaired) electrons. The predicted molar refractivity (Wildman–Crippen MR) is 54.2 cm³/mol. The quantitative estimate of drug-likeness (QED) is 0.675. The Morgan fingerprint density at radius 3 is 1.92 bits per heavy atom. The zero-order valence-electron chi connectivity index (χ0n) is 9.22. The molecule has 0 aliphatic heterocycles. The third-order valence-electron chi connectivity index (χ3n) is 2.62. The van der Waals surface area contributed by atoms with Gasteiger partial charge >= 0.3 is 0 Å². The van der Waals surface area contributed by atoms with Crippen LogP contribution in [0.5, 0.6) is 0 Å². The molecule has 1 N–H and O–H groups in total. The molecule has 1 unspecified atom stereocenters. The van der Waals surface area contributed by atoms with Gasteiger partial charge in [-0.2, -0.15) is 0 Å². The minimum atomic E-state index is -0.503. The molecule has 0 amide bonds. The van der Waals surface area contributed by atoms with Gasteiger partial charge in [0, 0.05) is 0 Å². The van der Waals surface area contributed by atoms with Gasteiger partial charge in [-0.15, -0.1) is 0 Å². The van der Waals surface area contributed by atoms with Crippen molar-refractivity contribution in [2.45, 2.75) is 59.5 Å². The molecule has 0 spiro atoms. The summed E-state index contributed by atoms with van der Waals surface area (Å²) in [5, 5.41) is 9.65. The molecule has 0 aliphatic rings. The van der Waals surface area contributed by atoms with Crippen LogP contribution in [0.4, 0.5) is 0 Å². The van der Waals surface area contributed by atoms with E-state index in [1.807, 2.05) is 13.8 Å². The summed E-state index contributed by atoms with van der Waals surface area (Å²) in [7, 11) is 0. The molecule has 0 aromatic rings. The lowest BCUT2D eigenvalue weighted by atomic mass is 9.87. The second-order valence-electron chi connectivity index (χ2n) is 4.88. The highest BCUT2D eigenvalue weighted by Crippen LogP contribution is 2.22. The number of hydrogen-bond donors (Lipinski definition) is 1. The standard InChI is InChI=1S/C11H24O/c1-9(2)7-6-8-10(3)11(4,5)12/h9-10,12H,6-8H2,1-5H3. The average Bonchev–Trinajstić information content (AvgIpc) is 1.84. The Kier molecular flexibility index (Phi) is 4.84. The van der Waals surface area contributed by atoms with Gasteiger partial charge in [-0.05, 0) is 32.1 Å². The lowest BCUT2D eigenvalue weighted by Gasteiger charge is -2.25. The third kappa shape index (κ3) is 5.59.